The highest BCUT2D eigenvalue weighted by atomic mass is 35.5. The maximum atomic E-state index is 13.0. The van der Waals surface area contributed by atoms with Gasteiger partial charge in [-0.05, 0) is 23.8 Å². The summed E-state index contributed by atoms with van der Waals surface area (Å²) in [6.45, 7) is -2.47. The van der Waals surface area contributed by atoms with E-state index >= 15 is 0 Å². The molecule has 0 unspecified atom stereocenters. The molecule has 12 heteroatoms. The van der Waals surface area contributed by atoms with Gasteiger partial charge >= 0.3 is 12.1 Å². The van der Waals surface area contributed by atoms with E-state index in [0.29, 0.717) is 11.3 Å². The number of ether oxygens (including phenoxy) is 1. The summed E-state index contributed by atoms with van der Waals surface area (Å²) in [4.78, 5) is 15.7. The van der Waals surface area contributed by atoms with Crippen LogP contribution in [-0.4, -0.2) is 39.4 Å². The fraction of sp³-hybridized carbons (Fsp3) is 0.211. The number of halogens is 6. The van der Waals surface area contributed by atoms with E-state index in [1.54, 1.807) is 30.3 Å². The Labute approximate surface area is 177 Å². The minimum absolute atomic E-state index is 0.0792. The molecule has 0 radical (unpaired) electrons. The number of hydrogen-bond acceptors (Lipinski definition) is 4. The molecule has 2 N–H and O–H groups in total. The van der Waals surface area contributed by atoms with E-state index in [0.717, 1.165) is 0 Å². The van der Waals surface area contributed by atoms with Crippen molar-refractivity contribution in [2.24, 2.45) is 5.73 Å². The number of hydrogen-bond donors (Lipinski definition) is 1. The molecule has 164 valence electrons. The van der Waals surface area contributed by atoms with Crippen molar-refractivity contribution in [2.45, 2.75) is 18.7 Å². The highest BCUT2D eigenvalue weighted by molar-refractivity contribution is 6.31. The molecular formula is C19H14ClF5N4O2. The number of aromatic nitrogens is 3. The zero-order valence-electron chi connectivity index (χ0n) is 15.5. The van der Waals surface area contributed by atoms with Crippen LogP contribution in [0.15, 0.2) is 48.5 Å². The molecule has 0 atom stereocenters. The number of carbonyl (C=O) groups excluding carboxylic acids is 1. The summed E-state index contributed by atoms with van der Waals surface area (Å²) in [7, 11) is 0. The molecule has 0 aliphatic heterocycles. The van der Waals surface area contributed by atoms with Crippen LogP contribution >= 0.6 is 11.6 Å². The Morgan fingerprint density at radius 3 is 2.39 bits per heavy atom. The van der Waals surface area contributed by atoms with Gasteiger partial charge in [-0.1, -0.05) is 41.9 Å². The second-order valence-corrected chi connectivity index (χ2v) is 6.78. The number of alkyl halides is 5. The molecule has 0 fully saturated rings. The van der Waals surface area contributed by atoms with Crippen molar-refractivity contribution in [1.29, 1.82) is 0 Å². The lowest BCUT2D eigenvalue weighted by molar-refractivity contribution is -0.297. The standard InChI is InChI=1S/C19H14ClF5N4O2/c20-14-7-6-13(8-12(14)9-31-10-18(21,22)19(23,24)25)29-17(11-4-2-1-3-5-11)27-16(28-29)15(26)30/h1-8H,9-10H2,(H2,26,30). The molecule has 3 aromatic rings. The van der Waals surface area contributed by atoms with Crippen LogP contribution in [0.1, 0.15) is 16.2 Å². The van der Waals surface area contributed by atoms with E-state index in [1.165, 1.54) is 22.9 Å². The third kappa shape index (κ3) is 5.00. The summed E-state index contributed by atoms with van der Waals surface area (Å²) in [6, 6.07) is 12.9. The van der Waals surface area contributed by atoms with Gasteiger partial charge in [0.05, 0.1) is 12.3 Å². The molecule has 0 aliphatic rings. The third-order valence-corrected chi connectivity index (χ3v) is 4.46. The number of nitrogens with two attached hydrogens (primary N) is 1. The Kier molecular flexibility index (Phi) is 6.27. The summed E-state index contributed by atoms with van der Waals surface area (Å²) in [6.07, 6.45) is -5.73. The number of amides is 1. The van der Waals surface area contributed by atoms with Crippen LogP contribution in [-0.2, 0) is 11.3 Å². The Balaban J connectivity index is 1.92. The van der Waals surface area contributed by atoms with Gasteiger partial charge in [-0.2, -0.15) is 22.0 Å². The van der Waals surface area contributed by atoms with E-state index < -0.39 is 31.2 Å². The maximum absolute atomic E-state index is 13.0. The van der Waals surface area contributed by atoms with Crippen molar-refractivity contribution >= 4 is 17.5 Å². The molecule has 1 amide bonds. The highest BCUT2D eigenvalue weighted by Gasteiger charge is 2.57. The second kappa shape index (κ2) is 8.60. The Hall–Kier alpha value is -3.05. The van der Waals surface area contributed by atoms with Gasteiger partial charge in [-0.25, -0.2) is 9.67 Å². The SMILES string of the molecule is NC(=O)c1nc(-c2ccccc2)n(-c2ccc(Cl)c(COCC(F)(F)C(F)(F)F)c2)n1. The van der Waals surface area contributed by atoms with Crippen LogP contribution < -0.4 is 5.73 Å². The van der Waals surface area contributed by atoms with Gasteiger partial charge < -0.3 is 10.5 Å². The molecule has 0 bridgehead atoms. The molecule has 31 heavy (non-hydrogen) atoms. The summed E-state index contributed by atoms with van der Waals surface area (Å²) < 4.78 is 68.8. The first-order valence-corrected chi connectivity index (χ1v) is 9.01. The quantitative estimate of drug-likeness (QED) is 0.530. The molecule has 1 aromatic heterocycles. The monoisotopic (exact) mass is 460 g/mol. The molecule has 6 nitrogen and oxygen atoms in total. The molecule has 1 heterocycles. The largest absolute Gasteiger partial charge is 0.455 e. The lowest BCUT2D eigenvalue weighted by Crippen LogP contribution is -2.40. The Bertz CT molecular complexity index is 1090. The predicted molar refractivity (Wildman–Crippen MR) is 101 cm³/mol. The average molecular weight is 461 g/mol. The van der Waals surface area contributed by atoms with Crippen molar-refractivity contribution in [1.82, 2.24) is 14.8 Å². The van der Waals surface area contributed by atoms with Crippen LogP contribution in [0.5, 0.6) is 0 Å². The fourth-order valence-corrected chi connectivity index (χ4v) is 2.72. The first kappa shape index (κ1) is 22.6. The number of benzene rings is 2. The molecular weight excluding hydrogens is 447 g/mol. The average Bonchev–Trinajstić information content (AvgIpc) is 3.15. The van der Waals surface area contributed by atoms with Gasteiger partial charge in [0, 0.05) is 10.6 Å². The number of nitrogens with zero attached hydrogens (tertiary/aromatic N) is 3. The smallest absolute Gasteiger partial charge is 0.370 e. The summed E-state index contributed by atoms with van der Waals surface area (Å²) in [5, 5.41) is 4.14. The zero-order valence-corrected chi connectivity index (χ0v) is 16.3. The first-order chi connectivity index (χ1) is 14.5. The molecule has 0 aliphatic carbocycles. The van der Waals surface area contributed by atoms with Crippen molar-refractivity contribution < 1.29 is 31.5 Å². The van der Waals surface area contributed by atoms with Crippen molar-refractivity contribution in [3.05, 3.63) is 64.9 Å². The van der Waals surface area contributed by atoms with Gasteiger partial charge in [0.25, 0.3) is 5.91 Å². The van der Waals surface area contributed by atoms with Gasteiger partial charge in [0.2, 0.25) is 5.82 Å². The summed E-state index contributed by atoms with van der Waals surface area (Å²) >= 11 is 6.03. The van der Waals surface area contributed by atoms with Gasteiger partial charge in [0.15, 0.2) is 5.82 Å². The second-order valence-electron chi connectivity index (χ2n) is 6.37. The van der Waals surface area contributed by atoms with E-state index in [-0.39, 0.29) is 22.2 Å². The highest BCUT2D eigenvalue weighted by Crippen LogP contribution is 2.36. The molecule has 0 spiro atoms. The van der Waals surface area contributed by atoms with Gasteiger partial charge in [0.1, 0.15) is 6.61 Å². The normalized spacial score (nSPS) is 12.2. The lowest BCUT2D eigenvalue weighted by Gasteiger charge is -2.19. The topological polar surface area (TPSA) is 83.0 Å². The maximum Gasteiger partial charge on any atom is 0.455 e. The van der Waals surface area contributed by atoms with E-state index in [2.05, 4.69) is 14.8 Å². The minimum Gasteiger partial charge on any atom is -0.370 e. The van der Waals surface area contributed by atoms with E-state index in [9.17, 15) is 26.7 Å². The van der Waals surface area contributed by atoms with Crippen molar-refractivity contribution in [2.75, 3.05) is 6.61 Å². The van der Waals surface area contributed by atoms with Crippen molar-refractivity contribution in [3.8, 4) is 17.1 Å². The molecule has 3 rings (SSSR count). The lowest BCUT2D eigenvalue weighted by atomic mass is 10.2. The fourth-order valence-electron chi connectivity index (χ4n) is 2.55. The number of carbonyl (C=O) groups is 1. The van der Waals surface area contributed by atoms with Crippen LogP contribution in [0.4, 0.5) is 22.0 Å². The van der Waals surface area contributed by atoms with Gasteiger partial charge in [-0.3, -0.25) is 4.79 Å². The Morgan fingerprint density at radius 1 is 1.10 bits per heavy atom. The molecule has 2 aromatic carbocycles. The minimum atomic E-state index is -5.73. The summed E-state index contributed by atoms with van der Waals surface area (Å²) in [5.41, 5.74) is 6.31. The van der Waals surface area contributed by atoms with Gasteiger partial charge in [-0.15, -0.1) is 5.10 Å². The number of primary amides is 1. The van der Waals surface area contributed by atoms with Crippen LogP contribution in [0.25, 0.3) is 17.1 Å². The number of rotatable bonds is 7. The summed E-state index contributed by atoms with van der Waals surface area (Å²) in [5.74, 6) is -5.88. The van der Waals surface area contributed by atoms with E-state index in [4.69, 9.17) is 17.3 Å². The molecule has 0 saturated heterocycles. The predicted octanol–water partition coefficient (Wildman–Crippen LogP) is 4.40. The zero-order chi connectivity index (χ0) is 22.8. The third-order valence-electron chi connectivity index (χ3n) is 4.09. The van der Waals surface area contributed by atoms with E-state index in [1.807, 2.05) is 0 Å². The molecule has 0 saturated carbocycles. The van der Waals surface area contributed by atoms with Crippen LogP contribution in [0.2, 0.25) is 5.02 Å². The van der Waals surface area contributed by atoms with Crippen molar-refractivity contribution in [3.63, 3.8) is 0 Å². The first-order valence-electron chi connectivity index (χ1n) is 8.63. The van der Waals surface area contributed by atoms with Crippen LogP contribution in [0, 0.1) is 0 Å². The van der Waals surface area contributed by atoms with Crippen LogP contribution in [0.3, 0.4) is 0 Å². The Morgan fingerprint density at radius 2 is 1.77 bits per heavy atom.